The maximum absolute atomic E-state index is 11.8. The van der Waals surface area contributed by atoms with Crippen LogP contribution in [0.2, 0.25) is 0 Å². The Bertz CT molecular complexity index is 989. The fraction of sp³-hybridized carbons (Fsp3) is 0.812. The number of aliphatic carboxylic acids is 1. The van der Waals surface area contributed by atoms with Crippen LogP contribution in [0.1, 0.15) is 107 Å². The molecule has 0 spiro atoms. The standard InChI is InChI=1S/C32H50O5/c1-19(28(34)35)10-9-15-32(8,36)23-13-16-31(7)22-11-12-25-29(4,5)26(37-21(3)33)14-17-30(25,6)24(22)18-20(2)27(23)31/h10-11,20,23-27,36H,9,12-18H2,1-8H3,(H,34,35)/t20-,23+,24-,25+,26-,27+,30-,31+,32+/m1/s1. The van der Waals surface area contributed by atoms with Crippen LogP contribution in [-0.4, -0.2) is 33.9 Å². The van der Waals surface area contributed by atoms with Crippen molar-refractivity contribution in [3.8, 4) is 0 Å². The second-order valence-corrected chi connectivity index (χ2v) is 14.4. The van der Waals surface area contributed by atoms with Crippen molar-refractivity contribution >= 4 is 11.9 Å². The van der Waals surface area contributed by atoms with Gasteiger partial charge >= 0.3 is 11.9 Å². The molecule has 0 aromatic carbocycles. The first-order valence-corrected chi connectivity index (χ1v) is 14.6. The molecule has 5 heteroatoms. The van der Waals surface area contributed by atoms with Gasteiger partial charge in [0.15, 0.2) is 0 Å². The van der Waals surface area contributed by atoms with Crippen LogP contribution >= 0.6 is 0 Å². The molecule has 9 atom stereocenters. The van der Waals surface area contributed by atoms with Gasteiger partial charge in [-0.3, -0.25) is 4.79 Å². The number of carbonyl (C=O) groups excluding carboxylic acids is 1. The van der Waals surface area contributed by atoms with Gasteiger partial charge in [-0.25, -0.2) is 4.79 Å². The molecule has 0 radical (unpaired) electrons. The van der Waals surface area contributed by atoms with E-state index in [-0.39, 0.29) is 34.2 Å². The van der Waals surface area contributed by atoms with E-state index < -0.39 is 11.6 Å². The highest BCUT2D eigenvalue weighted by atomic mass is 16.5. The summed E-state index contributed by atoms with van der Waals surface area (Å²) in [6.45, 7) is 17.1. The van der Waals surface area contributed by atoms with Gasteiger partial charge < -0.3 is 14.9 Å². The Kier molecular flexibility index (Phi) is 7.32. The first-order valence-electron chi connectivity index (χ1n) is 14.6. The summed E-state index contributed by atoms with van der Waals surface area (Å²) < 4.78 is 5.83. The molecule has 0 heterocycles. The van der Waals surface area contributed by atoms with E-state index >= 15 is 0 Å². The predicted molar refractivity (Wildman–Crippen MR) is 146 cm³/mol. The quantitative estimate of drug-likeness (QED) is 0.228. The first kappa shape index (κ1) is 28.4. The van der Waals surface area contributed by atoms with E-state index in [1.807, 2.05) is 6.92 Å². The zero-order chi connectivity index (χ0) is 27.6. The highest BCUT2D eigenvalue weighted by Crippen LogP contribution is 2.70. The van der Waals surface area contributed by atoms with Crippen LogP contribution in [0.4, 0.5) is 0 Å². The van der Waals surface area contributed by atoms with Crippen molar-refractivity contribution in [2.24, 2.45) is 45.8 Å². The van der Waals surface area contributed by atoms with E-state index in [4.69, 9.17) is 4.74 Å². The van der Waals surface area contributed by atoms with E-state index in [1.165, 1.54) is 6.92 Å². The summed E-state index contributed by atoms with van der Waals surface area (Å²) in [5.74, 6) is 1.10. The summed E-state index contributed by atoms with van der Waals surface area (Å²) in [7, 11) is 0. The number of aliphatic hydroxyl groups is 1. The molecule has 4 aliphatic carbocycles. The molecule has 0 aromatic heterocycles. The summed E-state index contributed by atoms with van der Waals surface area (Å²) in [6, 6.07) is 0. The van der Waals surface area contributed by atoms with E-state index in [2.05, 4.69) is 40.7 Å². The Morgan fingerprint density at radius 3 is 2.46 bits per heavy atom. The number of rotatable bonds is 6. The molecule has 5 nitrogen and oxygen atoms in total. The van der Waals surface area contributed by atoms with Crippen molar-refractivity contribution in [3.63, 3.8) is 0 Å². The van der Waals surface area contributed by atoms with Crippen molar-refractivity contribution in [1.29, 1.82) is 0 Å². The fourth-order valence-corrected chi connectivity index (χ4v) is 9.91. The molecule has 4 rings (SSSR count). The van der Waals surface area contributed by atoms with E-state index in [9.17, 15) is 19.8 Å². The monoisotopic (exact) mass is 514 g/mol. The largest absolute Gasteiger partial charge is 0.478 e. The van der Waals surface area contributed by atoms with Crippen molar-refractivity contribution < 1.29 is 24.5 Å². The predicted octanol–water partition coefficient (Wildman–Crippen LogP) is 6.94. The maximum atomic E-state index is 11.8. The van der Waals surface area contributed by atoms with Gasteiger partial charge in [0.1, 0.15) is 6.10 Å². The molecule has 0 bridgehead atoms. The van der Waals surface area contributed by atoms with E-state index in [1.54, 1.807) is 18.6 Å². The third-order valence-electron chi connectivity index (χ3n) is 11.8. The van der Waals surface area contributed by atoms with Gasteiger partial charge in [-0.1, -0.05) is 52.3 Å². The Hall–Kier alpha value is -1.62. The molecule has 0 amide bonds. The highest BCUT2D eigenvalue weighted by molar-refractivity contribution is 5.85. The third-order valence-corrected chi connectivity index (χ3v) is 11.8. The lowest BCUT2D eigenvalue weighted by atomic mass is 9.42. The second-order valence-electron chi connectivity index (χ2n) is 14.4. The van der Waals surface area contributed by atoms with Crippen LogP contribution in [0.15, 0.2) is 23.3 Å². The fourth-order valence-electron chi connectivity index (χ4n) is 9.91. The maximum Gasteiger partial charge on any atom is 0.330 e. The van der Waals surface area contributed by atoms with Gasteiger partial charge in [0, 0.05) is 17.9 Å². The molecule has 0 unspecified atom stereocenters. The lowest BCUT2D eigenvalue weighted by Gasteiger charge is -2.63. The van der Waals surface area contributed by atoms with Gasteiger partial charge in [-0.2, -0.15) is 0 Å². The second kappa shape index (κ2) is 9.54. The highest BCUT2D eigenvalue weighted by Gasteiger charge is 2.64. The van der Waals surface area contributed by atoms with Gasteiger partial charge in [0.2, 0.25) is 0 Å². The molecule has 2 N–H and O–H groups in total. The molecular formula is C32H50O5. The number of carboxylic acids is 1. The van der Waals surface area contributed by atoms with Gasteiger partial charge in [0.25, 0.3) is 0 Å². The molecule has 0 aliphatic heterocycles. The summed E-state index contributed by atoms with van der Waals surface area (Å²) in [5, 5.41) is 20.9. The Balaban J connectivity index is 1.60. The minimum atomic E-state index is -0.888. The minimum Gasteiger partial charge on any atom is -0.478 e. The SMILES string of the molecule is CC(=O)O[C@@H]1CC[C@]2(C)[C@@H]3C[C@@H](C)[C@H]4[C@@H]([C@@](C)(O)CCC=C(C)C(=O)O)CC[C@@]4(C)C3=CC[C@H]2C1(C)C. The van der Waals surface area contributed by atoms with Crippen LogP contribution in [-0.2, 0) is 14.3 Å². The Labute approximate surface area is 224 Å². The zero-order valence-electron chi connectivity index (χ0n) is 24.4. The van der Waals surface area contributed by atoms with Crippen LogP contribution in [0.3, 0.4) is 0 Å². The molecule has 3 fully saturated rings. The van der Waals surface area contributed by atoms with Gasteiger partial charge in [-0.05, 0) is 106 Å². The molecule has 3 saturated carbocycles. The van der Waals surface area contributed by atoms with Crippen LogP contribution in [0, 0.1) is 45.8 Å². The number of esters is 1. The van der Waals surface area contributed by atoms with Crippen LogP contribution < -0.4 is 0 Å². The lowest BCUT2D eigenvalue weighted by Crippen LogP contribution is -2.58. The van der Waals surface area contributed by atoms with E-state index in [0.29, 0.717) is 42.1 Å². The minimum absolute atomic E-state index is 0.0212. The molecular weight excluding hydrogens is 464 g/mol. The zero-order valence-corrected chi connectivity index (χ0v) is 24.4. The number of hydrogen-bond donors (Lipinski definition) is 2. The number of carbonyl (C=O) groups is 2. The summed E-state index contributed by atoms with van der Waals surface area (Å²) in [5.41, 5.74) is 1.38. The molecule has 4 aliphatic rings. The van der Waals surface area contributed by atoms with Crippen LogP contribution in [0.5, 0.6) is 0 Å². The van der Waals surface area contributed by atoms with Crippen LogP contribution in [0.25, 0.3) is 0 Å². The lowest BCUT2D eigenvalue weighted by molar-refractivity contribution is -0.175. The Morgan fingerprint density at radius 1 is 1.16 bits per heavy atom. The summed E-state index contributed by atoms with van der Waals surface area (Å²) in [6.07, 6.45) is 11.8. The normalized spacial score (nSPS) is 42.5. The smallest absolute Gasteiger partial charge is 0.330 e. The number of ether oxygens (including phenoxy) is 1. The van der Waals surface area contributed by atoms with Crippen molar-refractivity contribution in [3.05, 3.63) is 23.3 Å². The van der Waals surface area contributed by atoms with Crippen molar-refractivity contribution in [1.82, 2.24) is 0 Å². The average molecular weight is 515 g/mol. The van der Waals surface area contributed by atoms with Gasteiger partial charge in [-0.15, -0.1) is 0 Å². The summed E-state index contributed by atoms with van der Waals surface area (Å²) >= 11 is 0. The molecule has 0 aromatic rings. The first-order chi connectivity index (χ1) is 17.1. The Morgan fingerprint density at radius 2 is 1.84 bits per heavy atom. The van der Waals surface area contributed by atoms with Gasteiger partial charge in [0.05, 0.1) is 5.60 Å². The topological polar surface area (TPSA) is 83.8 Å². The number of fused-ring (bicyclic) bond motifs is 5. The van der Waals surface area contributed by atoms with Crippen molar-refractivity contribution in [2.45, 2.75) is 118 Å². The molecule has 0 saturated heterocycles. The third kappa shape index (κ3) is 4.61. The summed E-state index contributed by atoms with van der Waals surface area (Å²) in [4.78, 5) is 23.0. The number of carboxylic acid groups (broad SMARTS) is 1. The van der Waals surface area contributed by atoms with E-state index in [0.717, 1.165) is 38.5 Å². The van der Waals surface area contributed by atoms with Crippen molar-refractivity contribution in [2.75, 3.05) is 0 Å². The average Bonchev–Trinajstić information content (AvgIpc) is 3.16. The number of hydrogen-bond acceptors (Lipinski definition) is 4. The molecule has 208 valence electrons. The number of allylic oxidation sites excluding steroid dienone is 3. The molecule has 37 heavy (non-hydrogen) atoms.